The molecule has 656 valence electrons. The summed E-state index contributed by atoms with van der Waals surface area (Å²) in [5, 5.41) is 31.4. The van der Waals surface area contributed by atoms with Crippen LogP contribution < -0.4 is 41.8 Å². The van der Waals surface area contributed by atoms with Gasteiger partial charge < -0.3 is 0 Å². The summed E-state index contributed by atoms with van der Waals surface area (Å²) in [5.74, 6) is 0. The van der Waals surface area contributed by atoms with Crippen molar-refractivity contribution in [2.24, 2.45) is 0 Å². The Labute approximate surface area is 793 Å². The van der Waals surface area contributed by atoms with E-state index in [1.54, 1.807) is 5.19 Å². The molecule has 0 bridgehead atoms. The highest BCUT2D eigenvalue weighted by molar-refractivity contribution is 7.12. The number of hydrogen-bond acceptors (Lipinski definition) is 5. The summed E-state index contributed by atoms with van der Waals surface area (Å²) in [4.78, 5) is 25.3. The molecule has 10 nitrogen and oxygen atoms in total. The molecule has 0 N–H and O–H groups in total. The van der Waals surface area contributed by atoms with Gasteiger partial charge in [-0.15, -0.1) is 0 Å². The average molecular weight is 1820 g/mol. The Balaban J connectivity index is 0.0000000890. The molecule has 0 spiro atoms. The van der Waals surface area contributed by atoms with Gasteiger partial charge in [-0.25, -0.2) is 24.9 Å². The molecule has 14 heteroatoms. The molecule has 30 rings (SSSR count). The topological polar surface area (TPSA) is 86.5 Å². The molecule has 0 fully saturated rings. The molecular weight excluding hydrogens is 1720 g/mol. The summed E-state index contributed by atoms with van der Waals surface area (Å²) in [7, 11) is -7.60. The Morgan fingerprint density at radius 1 is 0.221 bits per heavy atom. The van der Waals surface area contributed by atoms with Crippen molar-refractivity contribution in [3.63, 3.8) is 0 Å². The summed E-state index contributed by atoms with van der Waals surface area (Å²) >= 11 is 0. The lowest BCUT2D eigenvalue weighted by atomic mass is 9.89. The van der Waals surface area contributed by atoms with Gasteiger partial charge in [0.25, 0.3) is 0 Å². The van der Waals surface area contributed by atoms with Gasteiger partial charge in [-0.3, -0.25) is 22.0 Å². The number of nitrogens with zero attached hydrogens (tertiary/aromatic N) is 10. The molecule has 5 aliphatic heterocycles. The molecule has 25 aromatic rings. The third kappa shape index (κ3) is 11.8. The van der Waals surface area contributed by atoms with E-state index >= 15 is 0 Å². The van der Waals surface area contributed by atoms with Crippen LogP contribution in [0, 0.1) is 48.5 Å². The van der Waals surface area contributed by atoms with E-state index in [4.69, 9.17) is 24.9 Å². The minimum Gasteiger partial charge on any atom is -0.300 e. The highest BCUT2D eigenvalue weighted by Crippen LogP contribution is 2.45. The third-order valence-corrected chi connectivity index (χ3v) is 47.3. The Kier molecular flexibility index (Phi) is 18.4. The number of imidazole rings is 5. The largest absolute Gasteiger partial charge is 0.300 e. The van der Waals surface area contributed by atoms with Crippen LogP contribution >= 0.6 is 0 Å². The Morgan fingerprint density at radius 2 is 0.544 bits per heavy atom. The summed E-state index contributed by atoms with van der Waals surface area (Å²) in [5.41, 5.74) is 32.3. The van der Waals surface area contributed by atoms with Gasteiger partial charge in [0.15, 0.2) is 16.1 Å². The summed E-state index contributed by atoms with van der Waals surface area (Å²) in [6.45, 7) is 25.3. The Hall–Kier alpha value is -14.8. The zero-order chi connectivity index (χ0) is 91.7. The summed E-state index contributed by atoms with van der Waals surface area (Å²) < 4.78 is 12.4. The smallest absolute Gasteiger partial charge is 0.176 e. The van der Waals surface area contributed by atoms with Crippen molar-refractivity contribution in [3.05, 3.63) is 419 Å². The molecule has 0 atom stereocenters. The standard InChI is InChI=1S/2C29H22N2Si.C26H22N2.2C19H18N2Si/c1-20-29-31-27-21(11-10-18-25(27)24-16-8-9-17-26(24)28(31)30-20)19-32(29,22-12-4-2-5-13-22)23-14-6-3-7-15-23;1-20-26-19-32(21-11-4-2-5-12-21,22-13-6-3-7-14-22)27-18-10-17-24-23-15-8-9-16-25(23)29(30-20)31(26)28(24)27;1-15-7-6-8-16(2)24(15)19-13-18-11-12-23-17(3)27-26-21-10-5-4-9-20(21)22(14-19)25(18)28(23)26;1-12-19-21-17-13(11-22(19,2)3)7-6-10-15(17)14-8-4-5-9-16(14)18(21)20-12;1-12-16-11-22(2,3)17-10-6-9-14-13-7-4-5-8-15(13)19(20-12)21(16)18(14)17/h2*2-18H,19H2,1H3;4-10,13-14H,11-12H2,1-3H3;2*4-10H,11H2,1-3H3. The number of fused-ring (bicyclic) bond motifs is 15. The first-order chi connectivity index (χ1) is 66.4. The van der Waals surface area contributed by atoms with Crippen molar-refractivity contribution in [1.29, 1.82) is 0 Å². The van der Waals surface area contributed by atoms with E-state index in [9.17, 15) is 0 Å². The van der Waals surface area contributed by atoms with Gasteiger partial charge in [0.1, 0.15) is 36.3 Å². The first-order valence-corrected chi connectivity index (χ1v) is 59.1. The normalized spacial score (nSPS) is 14.8. The van der Waals surface area contributed by atoms with Crippen molar-refractivity contribution in [1.82, 2.24) is 46.9 Å². The highest BCUT2D eigenvalue weighted by Gasteiger charge is 2.49. The maximum absolute atomic E-state index is 5.24. The molecule has 0 aliphatic carbocycles. The van der Waals surface area contributed by atoms with E-state index in [0.717, 1.165) is 64.6 Å². The van der Waals surface area contributed by atoms with Crippen molar-refractivity contribution >= 4 is 211 Å². The van der Waals surface area contributed by atoms with Crippen molar-refractivity contribution in [2.75, 3.05) is 0 Å². The minimum absolute atomic E-state index is 1.03. The molecule has 0 unspecified atom stereocenters. The van der Waals surface area contributed by atoms with Crippen LogP contribution in [0.15, 0.2) is 346 Å². The SMILES string of the molecule is Cc1cccc(C)c1-c1cc2c3c(c1)c1ccccc1c1nc(C)c(n13)CC2.Cc1nc2c3ccccc3c3cccc4c3n2c1C[Si]4(C)C.Cc1nc2c3ccccc3c3cccc4c3n2c1C[Si]4(c1ccccc1)c1ccccc1.Cc1nc2c3ccccc3c3cccc4c3n2c1[Si](C)(C)C4.Cc1nc2c3ccccc3c3cccc4c3n2c1[Si](c1ccccc1)(c1ccccc1)C4. The van der Waals surface area contributed by atoms with Gasteiger partial charge in [-0.2, -0.15) is 0 Å². The van der Waals surface area contributed by atoms with E-state index in [2.05, 4.69) is 442 Å². The predicted octanol–water partition coefficient (Wildman–Crippen LogP) is 23.3. The van der Waals surface area contributed by atoms with E-state index < -0.39 is 32.3 Å². The van der Waals surface area contributed by atoms with Crippen LogP contribution in [0.4, 0.5) is 0 Å². The Morgan fingerprint density at radius 3 is 1.01 bits per heavy atom. The van der Waals surface area contributed by atoms with Gasteiger partial charge in [0.05, 0.1) is 64.1 Å². The highest BCUT2D eigenvalue weighted by atomic mass is 28.3. The van der Waals surface area contributed by atoms with Crippen molar-refractivity contribution < 1.29 is 0 Å². The number of hydrogen-bond donors (Lipinski definition) is 0. The van der Waals surface area contributed by atoms with Crippen LogP contribution in [0.1, 0.15) is 73.4 Å². The molecule has 5 aliphatic rings. The van der Waals surface area contributed by atoms with E-state index in [1.165, 1.54) is 230 Å². The Bertz CT molecular complexity index is 9310. The monoisotopic (exact) mass is 1820 g/mol. The molecule has 10 aromatic heterocycles. The molecule has 136 heavy (non-hydrogen) atoms. The lowest BCUT2D eigenvalue weighted by molar-refractivity contribution is 0.866. The van der Waals surface area contributed by atoms with E-state index in [-0.39, 0.29) is 0 Å². The number of pyridine rings is 5. The van der Waals surface area contributed by atoms with Gasteiger partial charge in [0.2, 0.25) is 0 Å². The molecule has 15 aromatic carbocycles. The lowest BCUT2D eigenvalue weighted by Crippen LogP contribution is -2.71. The van der Waals surface area contributed by atoms with Crippen LogP contribution in [-0.4, -0.2) is 79.2 Å². The van der Waals surface area contributed by atoms with Gasteiger partial charge in [-0.05, 0) is 195 Å². The maximum Gasteiger partial charge on any atom is 0.176 e. The molecule has 0 amide bonds. The van der Waals surface area contributed by atoms with Crippen molar-refractivity contribution in [2.45, 2.75) is 112 Å². The molecular formula is C122H102N10Si4. The van der Waals surface area contributed by atoms with Crippen LogP contribution in [0.3, 0.4) is 0 Å². The number of para-hydroxylation sites is 4. The first-order valence-electron chi connectivity index (χ1n) is 48.3. The number of benzene rings is 15. The fraction of sp³-hybridized carbons (Fsp3) is 0.139. The third-order valence-electron chi connectivity index (χ3n) is 31.4. The van der Waals surface area contributed by atoms with Crippen LogP contribution in [0.25, 0.3) is 148 Å². The quantitative estimate of drug-likeness (QED) is 0.127. The molecule has 15 heterocycles. The second-order valence-electron chi connectivity index (χ2n) is 40.1. The van der Waals surface area contributed by atoms with Crippen molar-refractivity contribution in [3.8, 4) is 11.1 Å². The van der Waals surface area contributed by atoms with E-state index in [1.807, 2.05) is 0 Å². The fourth-order valence-corrected chi connectivity index (χ4v) is 42.0. The van der Waals surface area contributed by atoms with Gasteiger partial charge in [-0.1, -0.05) is 360 Å². The van der Waals surface area contributed by atoms with E-state index in [0.29, 0.717) is 0 Å². The number of aryl methyl sites for hydroxylation is 9. The van der Waals surface area contributed by atoms with Crippen LogP contribution in [-0.2, 0) is 37.0 Å². The second-order valence-corrected chi connectivity index (χ2v) is 57.0. The maximum atomic E-state index is 5.24. The zero-order valence-electron chi connectivity index (χ0n) is 78.6. The minimum atomic E-state index is -2.34. The van der Waals surface area contributed by atoms with Crippen LogP contribution in [0.5, 0.6) is 0 Å². The number of aromatic nitrogens is 10. The van der Waals surface area contributed by atoms with Gasteiger partial charge in [0, 0.05) is 81.6 Å². The second kappa shape index (κ2) is 30.6. The first kappa shape index (κ1) is 81.9. The van der Waals surface area contributed by atoms with Gasteiger partial charge >= 0.3 is 0 Å². The zero-order valence-corrected chi connectivity index (χ0v) is 82.6. The predicted molar refractivity (Wildman–Crippen MR) is 581 cm³/mol. The summed E-state index contributed by atoms with van der Waals surface area (Å²) in [6.07, 6.45) is 2.14. The molecule has 0 saturated carbocycles. The molecule has 0 saturated heterocycles. The summed E-state index contributed by atoms with van der Waals surface area (Å²) in [6, 6.07) is 132. The molecule has 0 radical (unpaired) electrons. The average Bonchev–Trinajstić information content (AvgIpc) is 1.47. The lowest BCUT2D eigenvalue weighted by Gasteiger charge is -2.38. The van der Waals surface area contributed by atoms with Crippen LogP contribution in [0.2, 0.25) is 26.2 Å². The fourth-order valence-electron chi connectivity index (χ4n) is 25.7. The number of rotatable bonds is 5.